The molecule has 0 spiro atoms. The van der Waals surface area contributed by atoms with Crippen molar-refractivity contribution in [2.24, 2.45) is 0 Å². The number of hydrogen-bond acceptors (Lipinski definition) is 1. The third-order valence-electron chi connectivity index (χ3n) is 7.56. The fourth-order valence-corrected chi connectivity index (χ4v) is 13.2. The Morgan fingerprint density at radius 3 is 2.21 bits per heavy atom. The van der Waals surface area contributed by atoms with Crippen molar-refractivity contribution in [2.75, 3.05) is 0 Å². The van der Waals surface area contributed by atoms with Crippen molar-refractivity contribution >= 4 is 30.7 Å². The van der Waals surface area contributed by atoms with Gasteiger partial charge in [-0.2, -0.15) is 0 Å². The van der Waals surface area contributed by atoms with Crippen LogP contribution in [0.15, 0.2) is 59.7 Å². The van der Waals surface area contributed by atoms with Gasteiger partial charge in [0, 0.05) is 15.3 Å². The van der Waals surface area contributed by atoms with E-state index in [-0.39, 0.29) is 24.8 Å². The third kappa shape index (κ3) is 4.35. The number of allylic oxidation sites excluding steroid dienone is 2. The second-order valence-corrected chi connectivity index (χ2v) is 17.3. The average molecular weight is 602 g/mol. The van der Waals surface area contributed by atoms with Gasteiger partial charge in [-0.1, -0.05) is 23.9 Å². The third-order valence-corrected chi connectivity index (χ3v) is 14.9. The number of halogens is 2. The zero-order chi connectivity index (χ0) is 22.8. The zero-order valence-corrected chi connectivity index (χ0v) is 26.5. The minimum Gasteiger partial charge on any atom is -1.00 e. The van der Waals surface area contributed by atoms with Crippen LogP contribution in [0, 0.1) is 6.92 Å². The smallest absolute Gasteiger partial charge is 1.00 e. The normalized spacial score (nSPS) is 20.2. The molecule has 0 amide bonds. The van der Waals surface area contributed by atoms with E-state index in [2.05, 4.69) is 95.4 Å². The SMILES string of the molecule is CC1=C2c3cc(C)sc3C1[Si]2(C)C.CCc1ccc(-c2cccc3c2C=C(C)[CH]3[Zr+2])cc1.[Cl-].[Cl-]. The van der Waals surface area contributed by atoms with Crippen LogP contribution in [-0.2, 0) is 31.1 Å². The second-order valence-electron chi connectivity index (χ2n) is 10.0. The molecule has 5 heteroatoms. The molecule has 0 saturated heterocycles. The van der Waals surface area contributed by atoms with Crippen molar-refractivity contribution in [3.8, 4) is 11.1 Å². The van der Waals surface area contributed by atoms with Crippen molar-refractivity contribution in [1.82, 2.24) is 0 Å². The molecule has 3 aromatic rings. The van der Waals surface area contributed by atoms with Crippen LogP contribution in [0.5, 0.6) is 0 Å². The second kappa shape index (κ2) is 10.3. The molecule has 0 fully saturated rings. The van der Waals surface area contributed by atoms with E-state index in [1.807, 2.05) is 11.3 Å². The average Bonchev–Trinajstić information content (AvgIpc) is 3.42. The van der Waals surface area contributed by atoms with Crippen LogP contribution < -0.4 is 24.8 Å². The molecule has 4 aliphatic rings. The molecule has 0 nitrogen and oxygen atoms in total. The summed E-state index contributed by atoms with van der Waals surface area (Å²) in [5.74, 6) is 0. The predicted octanol–water partition coefficient (Wildman–Crippen LogP) is 2.66. The Kier molecular flexibility index (Phi) is 8.49. The molecule has 2 bridgehead atoms. The van der Waals surface area contributed by atoms with Crippen molar-refractivity contribution in [3.63, 3.8) is 0 Å². The maximum absolute atomic E-state index is 2.52. The molecule has 175 valence electrons. The number of hydrogen-bond donors (Lipinski definition) is 0. The molecule has 34 heavy (non-hydrogen) atoms. The molecular weight excluding hydrogens is 571 g/mol. The van der Waals surface area contributed by atoms with Gasteiger partial charge in [-0.3, -0.25) is 0 Å². The van der Waals surface area contributed by atoms with Gasteiger partial charge in [-0.25, -0.2) is 0 Å². The predicted molar refractivity (Wildman–Crippen MR) is 140 cm³/mol. The maximum atomic E-state index is 2.52. The molecular formula is C29H31Cl2SSiZr. The Morgan fingerprint density at radius 1 is 0.941 bits per heavy atom. The van der Waals surface area contributed by atoms with Crippen LogP contribution in [0.3, 0.4) is 0 Å². The van der Waals surface area contributed by atoms with Gasteiger partial charge >= 0.3 is 131 Å². The largest absolute Gasteiger partial charge is 1.00 e. The van der Waals surface area contributed by atoms with Gasteiger partial charge in [-0.15, -0.1) is 11.3 Å². The van der Waals surface area contributed by atoms with Gasteiger partial charge < -0.3 is 24.8 Å². The van der Waals surface area contributed by atoms with E-state index in [0.717, 1.165) is 12.0 Å². The summed E-state index contributed by atoms with van der Waals surface area (Å²) < 4.78 is 0.650. The van der Waals surface area contributed by atoms with Crippen molar-refractivity contribution < 1.29 is 49.5 Å². The minimum absolute atomic E-state index is 0. The number of rotatable bonds is 2. The first-order chi connectivity index (χ1) is 15.2. The van der Waals surface area contributed by atoms with E-state index >= 15 is 0 Å². The Bertz CT molecular complexity index is 1280. The van der Waals surface area contributed by atoms with Gasteiger partial charge in [0.25, 0.3) is 0 Å². The van der Waals surface area contributed by atoms with Gasteiger partial charge in [-0.05, 0) is 25.5 Å². The van der Waals surface area contributed by atoms with Crippen LogP contribution in [0.2, 0.25) is 13.1 Å². The fraction of sp³-hybridized carbons (Fsp3) is 0.310. The Balaban J connectivity index is 0.000000190. The molecule has 3 heterocycles. The monoisotopic (exact) mass is 599 g/mol. The molecule has 2 aromatic carbocycles. The summed E-state index contributed by atoms with van der Waals surface area (Å²) in [5, 5.41) is 1.77. The van der Waals surface area contributed by atoms with E-state index in [0.29, 0.717) is 3.63 Å². The number of thiophene rings is 1. The quantitative estimate of drug-likeness (QED) is 0.397. The first-order valence-electron chi connectivity index (χ1n) is 11.7. The summed E-state index contributed by atoms with van der Waals surface area (Å²) >= 11 is 3.61. The molecule has 7 rings (SSSR count). The Morgan fingerprint density at radius 2 is 1.62 bits per heavy atom. The first-order valence-corrected chi connectivity index (χ1v) is 17.0. The molecule has 2 aliphatic carbocycles. The Labute approximate surface area is 237 Å². The molecule has 0 N–H and O–H groups in total. The van der Waals surface area contributed by atoms with E-state index in [9.17, 15) is 0 Å². The summed E-state index contributed by atoms with van der Waals surface area (Å²) in [6.07, 6.45) is 3.48. The van der Waals surface area contributed by atoms with Gasteiger partial charge in [0.15, 0.2) is 0 Å². The number of fused-ring (bicyclic) bond motifs is 1. The van der Waals surface area contributed by atoms with Gasteiger partial charge in [0.05, 0.1) is 8.07 Å². The zero-order valence-electron chi connectivity index (χ0n) is 20.7. The van der Waals surface area contributed by atoms with Crippen molar-refractivity contribution in [3.05, 3.63) is 91.7 Å². The molecule has 2 aliphatic heterocycles. The summed E-state index contributed by atoms with van der Waals surface area (Å²) in [7, 11) is -0.995. The number of aryl methyl sites for hydroxylation is 2. The summed E-state index contributed by atoms with van der Waals surface area (Å²) in [6, 6.07) is 18.1. The number of benzene rings is 2. The topological polar surface area (TPSA) is 0 Å². The van der Waals surface area contributed by atoms with Crippen molar-refractivity contribution in [1.29, 1.82) is 0 Å². The molecule has 2 atom stereocenters. The molecule has 1 aromatic heterocycles. The summed E-state index contributed by atoms with van der Waals surface area (Å²) in [4.78, 5) is 3.19. The summed E-state index contributed by atoms with van der Waals surface area (Å²) in [6.45, 7) is 14.0. The first kappa shape index (κ1) is 27.9. The summed E-state index contributed by atoms with van der Waals surface area (Å²) in [5.41, 5.74) is 12.8. The van der Waals surface area contributed by atoms with Crippen LogP contribution in [-0.4, -0.2) is 8.07 Å². The van der Waals surface area contributed by atoms with Gasteiger partial charge in [0.2, 0.25) is 0 Å². The van der Waals surface area contributed by atoms with Gasteiger partial charge in [0.1, 0.15) is 0 Å². The van der Waals surface area contributed by atoms with Crippen LogP contribution in [0.4, 0.5) is 0 Å². The van der Waals surface area contributed by atoms with Crippen LogP contribution >= 0.6 is 11.3 Å². The minimum atomic E-state index is -0.995. The van der Waals surface area contributed by atoms with Crippen LogP contribution in [0.1, 0.15) is 61.9 Å². The molecule has 0 radical (unpaired) electrons. The maximum Gasteiger partial charge on any atom is -1.00 e. The molecule has 0 saturated carbocycles. The molecule has 2 unspecified atom stereocenters. The van der Waals surface area contributed by atoms with Crippen LogP contribution in [0.25, 0.3) is 22.4 Å². The Hall–Kier alpha value is -0.700. The van der Waals surface area contributed by atoms with E-state index < -0.39 is 8.07 Å². The van der Waals surface area contributed by atoms with E-state index in [4.69, 9.17) is 0 Å². The fourth-order valence-electron chi connectivity index (χ4n) is 6.01. The van der Waals surface area contributed by atoms with Crippen molar-refractivity contribution in [2.45, 2.75) is 56.4 Å². The van der Waals surface area contributed by atoms with E-state index in [1.54, 1.807) is 45.9 Å². The van der Waals surface area contributed by atoms with E-state index in [1.165, 1.54) is 38.3 Å². The standard InChI is InChI=1S/C18H17.C11H14SSi.2ClH.Zr/c1-3-14-7-9-15(10-8-14)17-6-4-5-16-11-13(2)12-18(16)17;1-6-5-8-9(12-6)11-7(2)10(8)13(11,3)4;;;/h4-12H,3H2,1-2H3;5,11H,1-4H3;2*1H;/q;;;;+2/p-2.